The molecule has 0 spiro atoms. The minimum Gasteiger partial charge on any atom is -0.491 e. The number of para-hydroxylation sites is 1. The maximum absolute atomic E-state index is 10.4. The van der Waals surface area contributed by atoms with Crippen molar-refractivity contribution < 1.29 is 9.84 Å². The van der Waals surface area contributed by atoms with Crippen molar-refractivity contribution in [3.8, 4) is 17.0 Å². The number of hydrogen-bond donors (Lipinski definition) is 3. The minimum atomic E-state index is -0.612. The molecule has 2 aromatic carbocycles. The number of rotatable bonds is 9. The van der Waals surface area contributed by atoms with Crippen molar-refractivity contribution in [1.29, 1.82) is 0 Å². The van der Waals surface area contributed by atoms with Crippen molar-refractivity contribution >= 4 is 11.5 Å². The molecule has 0 saturated carbocycles. The lowest BCUT2D eigenvalue weighted by atomic mass is 10.1. The van der Waals surface area contributed by atoms with Gasteiger partial charge in [-0.25, -0.2) is 5.84 Å². The summed E-state index contributed by atoms with van der Waals surface area (Å²) in [6, 6.07) is 21.2. The molecule has 146 valence electrons. The van der Waals surface area contributed by atoms with Crippen LogP contribution < -0.4 is 20.9 Å². The fourth-order valence-corrected chi connectivity index (χ4v) is 2.86. The Labute approximate surface area is 164 Å². The van der Waals surface area contributed by atoms with Gasteiger partial charge in [0.15, 0.2) is 5.82 Å². The number of hydrogen-bond acceptors (Lipinski definition) is 7. The normalized spacial score (nSPS) is 11.7. The average molecular weight is 379 g/mol. The number of aromatic nitrogens is 2. The van der Waals surface area contributed by atoms with Gasteiger partial charge >= 0.3 is 0 Å². The molecule has 1 unspecified atom stereocenters. The summed E-state index contributed by atoms with van der Waals surface area (Å²) >= 11 is 0. The van der Waals surface area contributed by atoms with Crippen LogP contribution in [0.1, 0.15) is 6.92 Å². The molecule has 1 heterocycles. The van der Waals surface area contributed by atoms with Crippen molar-refractivity contribution in [2.75, 3.05) is 30.0 Å². The van der Waals surface area contributed by atoms with E-state index in [1.165, 1.54) is 0 Å². The van der Waals surface area contributed by atoms with E-state index in [9.17, 15) is 5.11 Å². The van der Waals surface area contributed by atoms with Crippen LogP contribution in [0.4, 0.5) is 11.5 Å². The van der Waals surface area contributed by atoms with Gasteiger partial charge in [-0.2, -0.15) is 0 Å². The maximum atomic E-state index is 10.4. The SMILES string of the molecule is CCN(CC(O)COc1cccc(-c2ccc(NN)nn2)c1)c1ccccc1. The molecule has 3 aromatic rings. The molecule has 1 atom stereocenters. The first kappa shape index (κ1) is 19.6. The number of nitrogen functional groups attached to an aromatic ring is 1. The summed E-state index contributed by atoms with van der Waals surface area (Å²) in [5.41, 5.74) is 5.13. The number of hydrazine groups is 1. The summed E-state index contributed by atoms with van der Waals surface area (Å²) in [4.78, 5) is 2.12. The summed E-state index contributed by atoms with van der Waals surface area (Å²) in [7, 11) is 0. The number of ether oxygens (including phenoxy) is 1. The molecule has 7 heteroatoms. The van der Waals surface area contributed by atoms with Gasteiger partial charge in [0.1, 0.15) is 18.5 Å². The van der Waals surface area contributed by atoms with Gasteiger partial charge in [-0.1, -0.05) is 30.3 Å². The van der Waals surface area contributed by atoms with Gasteiger partial charge in [0.05, 0.1) is 5.69 Å². The molecule has 7 nitrogen and oxygen atoms in total. The third-order valence-corrected chi connectivity index (χ3v) is 4.32. The number of nitrogens with zero attached hydrogens (tertiary/aromatic N) is 3. The monoisotopic (exact) mass is 379 g/mol. The first-order valence-corrected chi connectivity index (χ1v) is 9.21. The molecule has 0 bridgehead atoms. The van der Waals surface area contributed by atoms with Crippen LogP contribution in [0, 0.1) is 0 Å². The van der Waals surface area contributed by atoms with E-state index in [2.05, 4.69) is 27.4 Å². The van der Waals surface area contributed by atoms with E-state index in [4.69, 9.17) is 10.6 Å². The second-order valence-electron chi connectivity index (χ2n) is 6.31. The van der Waals surface area contributed by atoms with Gasteiger partial charge in [0, 0.05) is 24.3 Å². The Morgan fingerprint density at radius 1 is 1.07 bits per heavy atom. The van der Waals surface area contributed by atoms with E-state index in [0.717, 1.165) is 17.8 Å². The number of aliphatic hydroxyl groups excluding tert-OH is 1. The summed E-state index contributed by atoms with van der Waals surface area (Å²) in [5.74, 6) is 6.48. The molecule has 0 fully saturated rings. The number of nitrogens with two attached hydrogens (primary N) is 1. The Bertz CT molecular complexity index is 858. The summed E-state index contributed by atoms with van der Waals surface area (Å²) in [6.45, 7) is 3.58. The van der Waals surface area contributed by atoms with Crippen LogP contribution in [0.2, 0.25) is 0 Å². The van der Waals surface area contributed by atoms with Crippen molar-refractivity contribution in [3.63, 3.8) is 0 Å². The summed E-state index contributed by atoms with van der Waals surface area (Å²) in [5, 5.41) is 18.5. The van der Waals surface area contributed by atoms with Gasteiger partial charge in [0.2, 0.25) is 0 Å². The van der Waals surface area contributed by atoms with Gasteiger partial charge in [0.25, 0.3) is 0 Å². The Hall–Kier alpha value is -3.16. The Morgan fingerprint density at radius 2 is 1.89 bits per heavy atom. The highest BCUT2D eigenvalue weighted by molar-refractivity contribution is 5.61. The fraction of sp³-hybridized carbons (Fsp3) is 0.238. The highest BCUT2D eigenvalue weighted by Gasteiger charge is 2.12. The molecule has 1 aromatic heterocycles. The van der Waals surface area contributed by atoms with E-state index < -0.39 is 6.10 Å². The largest absolute Gasteiger partial charge is 0.491 e. The molecule has 0 aliphatic heterocycles. The number of aliphatic hydroxyl groups is 1. The first-order chi connectivity index (χ1) is 13.7. The predicted molar refractivity (Wildman–Crippen MR) is 111 cm³/mol. The lowest BCUT2D eigenvalue weighted by Gasteiger charge is -2.26. The van der Waals surface area contributed by atoms with Crippen molar-refractivity contribution in [2.45, 2.75) is 13.0 Å². The average Bonchev–Trinajstić information content (AvgIpc) is 2.77. The van der Waals surface area contributed by atoms with Crippen LogP contribution in [-0.4, -0.2) is 41.1 Å². The topological polar surface area (TPSA) is 96.5 Å². The second kappa shape index (κ2) is 9.68. The molecular formula is C21H25N5O2. The van der Waals surface area contributed by atoms with Crippen molar-refractivity contribution in [1.82, 2.24) is 10.2 Å². The highest BCUT2D eigenvalue weighted by atomic mass is 16.5. The Kier molecular flexibility index (Phi) is 6.78. The van der Waals surface area contributed by atoms with E-state index in [0.29, 0.717) is 23.8 Å². The summed E-state index contributed by atoms with van der Waals surface area (Å²) < 4.78 is 5.80. The van der Waals surface area contributed by atoms with Crippen molar-refractivity contribution in [2.24, 2.45) is 5.84 Å². The van der Waals surface area contributed by atoms with Gasteiger partial charge in [-0.05, 0) is 43.3 Å². The first-order valence-electron chi connectivity index (χ1n) is 9.21. The number of nitrogens with one attached hydrogen (secondary N) is 1. The fourth-order valence-electron chi connectivity index (χ4n) is 2.86. The predicted octanol–water partition coefficient (Wildman–Crippen LogP) is 2.70. The van der Waals surface area contributed by atoms with Crippen LogP contribution in [0.3, 0.4) is 0 Å². The lowest BCUT2D eigenvalue weighted by molar-refractivity contribution is 0.112. The van der Waals surface area contributed by atoms with Crippen LogP contribution in [-0.2, 0) is 0 Å². The Morgan fingerprint density at radius 3 is 2.57 bits per heavy atom. The van der Waals surface area contributed by atoms with Crippen LogP contribution in [0.5, 0.6) is 5.75 Å². The number of benzene rings is 2. The molecule has 0 saturated heterocycles. The smallest absolute Gasteiger partial charge is 0.162 e. The third kappa shape index (κ3) is 5.18. The molecule has 0 aliphatic rings. The van der Waals surface area contributed by atoms with E-state index in [-0.39, 0.29) is 6.61 Å². The number of anilines is 2. The highest BCUT2D eigenvalue weighted by Crippen LogP contribution is 2.22. The molecular weight excluding hydrogens is 354 g/mol. The van der Waals surface area contributed by atoms with Crippen LogP contribution in [0.25, 0.3) is 11.3 Å². The molecule has 0 aliphatic carbocycles. The van der Waals surface area contributed by atoms with Gasteiger partial charge < -0.3 is 20.2 Å². The quantitative estimate of drug-likeness (QED) is 0.388. The molecule has 4 N–H and O–H groups in total. The summed E-state index contributed by atoms with van der Waals surface area (Å²) in [6.07, 6.45) is -0.612. The third-order valence-electron chi connectivity index (χ3n) is 4.32. The number of likely N-dealkylation sites (N-methyl/N-ethyl adjacent to an activating group) is 1. The molecule has 0 radical (unpaired) electrons. The maximum Gasteiger partial charge on any atom is 0.162 e. The van der Waals surface area contributed by atoms with Crippen LogP contribution >= 0.6 is 0 Å². The van der Waals surface area contributed by atoms with Crippen molar-refractivity contribution in [3.05, 3.63) is 66.7 Å². The van der Waals surface area contributed by atoms with E-state index in [1.807, 2.05) is 60.7 Å². The van der Waals surface area contributed by atoms with Gasteiger partial charge in [-0.15, -0.1) is 10.2 Å². The zero-order valence-corrected chi connectivity index (χ0v) is 15.8. The zero-order chi connectivity index (χ0) is 19.8. The van der Waals surface area contributed by atoms with Gasteiger partial charge in [-0.3, -0.25) is 0 Å². The van der Waals surface area contributed by atoms with E-state index >= 15 is 0 Å². The molecule has 3 rings (SSSR count). The standard InChI is InChI=1S/C21H25N5O2/c1-2-26(17-8-4-3-5-9-17)14-18(27)15-28-19-10-6-7-16(13-19)20-11-12-21(23-22)25-24-20/h3-13,18,27H,2,14-15,22H2,1H3,(H,23,25). The molecule has 28 heavy (non-hydrogen) atoms. The zero-order valence-electron chi connectivity index (χ0n) is 15.8. The Balaban J connectivity index is 1.59. The molecule has 0 amide bonds. The second-order valence-corrected chi connectivity index (χ2v) is 6.31. The van der Waals surface area contributed by atoms with E-state index in [1.54, 1.807) is 6.07 Å². The lowest BCUT2D eigenvalue weighted by Crippen LogP contribution is -2.35. The van der Waals surface area contributed by atoms with Crippen LogP contribution in [0.15, 0.2) is 66.7 Å². The minimum absolute atomic E-state index is 0.203.